The van der Waals surface area contributed by atoms with Gasteiger partial charge in [0.15, 0.2) is 0 Å². The number of hydrogen-bond acceptors (Lipinski definition) is 4. The van der Waals surface area contributed by atoms with E-state index in [4.69, 9.17) is 14.9 Å². The fourth-order valence-electron chi connectivity index (χ4n) is 5.32. The van der Waals surface area contributed by atoms with E-state index in [1.165, 1.54) is 24.0 Å². The van der Waals surface area contributed by atoms with Gasteiger partial charge in [0.2, 0.25) is 0 Å². The maximum absolute atomic E-state index is 5.71. The van der Waals surface area contributed by atoms with Crippen LogP contribution in [0.4, 0.5) is 0 Å². The Morgan fingerprint density at radius 1 is 0.821 bits per heavy atom. The Morgan fingerprint density at radius 2 is 1.50 bits per heavy atom. The lowest BCUT2D eigenvalue weighted by atomic mass is 9.64. The molecule has 2 aromatic carbocycles. The summed E-state index contributed by atoms with van der Waals surface area (Å²) in [5.41, 5.74) is 4.64. The van der Waals surface area contributed by atoms with E-state index < -0.39 is 0 Å². The molecule has 0 radical (unpaired) electrons. The summed E-state index contributed by atoms with van der Waals surface area (Å²) in [6, 6.07) is 21.3. The van der Waals surface area contributed by atoms with Gasteiger partial charge >= 0.3 is 0 Å². The van der Waals surface area contributed by atoms with Crippen LogP contribution in [0.1, 0.15) is 36.8 Å². The molecule has 0 amide bonds. The Balaban J connectivity index is 1.68. The maximum Gasteiger partial charge on any atom is 0.0912 e. The van der Waals surface area contributed by atoms with Crippen molar-refractivity contribution in [3.63, 3.8) is 0 Å². The van der Waals surface area contributed by atoms with Gasteiger partial charge in [-0.2, -0.15) is 10.2 Å². The average Bonchev–Trinajstić information content (AvgIpc) is 2.80. The summed E-state index contributed by atoms with van der Waals surface area (Å²) in [4.78, 5) is 2.66. The smallest absolute Gasteiger partial charge is 0.0912 e. The first-order chi connectivity index (χ1) is 13.9. The molecule has 1 saturated heterocycles. The monoisotopic (exact) mass is 373 g/mol. The molecule has 2 heterocycles. The molecule has 28 heavy (non-hydrogen) atoms. The standard InChI is InChI=1S/C24H27N3O/c1-3-9-19(10-4-1)22-21-13-7-8-14-24(21,27-15-17-28-18-16-27)23(26-25-22)20-11-5-2-6-12-20/h1-6,9-12,21H,7-8,13-18H2. The molecular formula is C24H27N3O. The van der Waals surface area contributed by atoms with E-state index in [1.807, 2.05) is 0 Å². The highest BCUT2D eigenvalue weighted by Gasteiger charge is 2.53. The van der Waals surface area contributed by atoms with Gasteiger partial charge in [-0.15, -0.1) is 0 Å². The lowest BCUT2D eigenvalue weighted by Gasteiger charge is -2.54. The molecular weight excluding hydrogens is 346 g/mol. The predicted molar refractivity (Wildman–Crippen MR) is 113 cm³/mol. The van der Waals surface area contributed by atoms with Gasteiger partial charge < -0.3 is 4.74 Å². The number of hydrogen-bond donors (Lipinski definition) is 0. The van der Waals surface area contributed by atoms with Gasteiger partial charge in [-0.1, -0.05) is 73.5 Å². The van der Waals surface area contributed by atoms with Crippen molar-refractivity contribution >= 4 is 11.4 Å². The van der Waals surface area contributed by atoms with Gasteiger partial charge in [0.25, 0.3) is 0 Å². The van der Waals surface area contributed by atoms with Crippen LogP contribution in [0.15, 0.2) is 70.9 Å². The molecule has 2 aromatic rings. The third-order valence-electron chi connectivity index (χ3n) is 6.57. The average molecular weight is 374 g/mol. The van der Waals surface area contributed by atoms with E-state index in [1.54, 1.807) is 0 Å². The highest BCUT2D eigenvalue weighted by atomic mass is 16.5. The second-order valence-corrected chi connectivity index (χ2v) is 7.99. The van der Waals surface area contributed by atoms with Crippen LogP contribution in [0.3, 0.4) is 0 Å². The van der Waals surface area contributed by atoms with Crippen LogP contribution in [-0.4, -0.2) is 48.2 Å². The second-order valence-electron chi connectivity index (χ2n) is 7.99. The van der Waals surface area contributed by atoms with Crippen molar-refractivity contribution in [3.05, 3.63) is 71.8 Å². The zero-order valence-electron chi connectivity index (χ0n) is 16.3. The van der Waals surface area contributed by atoms with Crippen LogP contribution < -0.4 is 0 Å². The van der Waals surface area contributed by atoms with Crippen LogP contribution in [0.25, 0.3) is 0 Å². The van der Waals surface area contributed by atoms with Gasteiger partial charge in [0.1, 0.15) is 0 Å². The SMILES string of the molecule is c1ccc(C2=NN=C(c3ccccc3)C3(N4CCOCC4)CCCCC23)cc1. The van der Waals surface area contributed by atoms with E-state index in [9.17, 15) is 0 Å². The van der Waals surface area contributed by atoms with Gasteiger partial charge in [-0.05, 0) is 24.0 Å². The quantitative estimate of drug-likeness (QED) is 0.810. The van der Waals surface area contributed by atoms with Crippen LogP contribution >= 0.6 is 0 Å². The van der Waals surface area contributed by atoms with Crippen molar-refractivity contribution in [3.8, 4) is 0 Å². The molecule has 2 fully saturated rings. The van der Waals surface area contributed by atoms with Gasteiger partial charge in [0, 0.05) is 19.0 Å². The summed E-state index contributed by atoms with van der Waals surface area (Å²) >= 11 is 0. The Bertz CT molecular complexity index is 871. The topological polar surface area (TPSA) is 37.2 Å². The Hall–Kier alpha value is -2.30. The van der Waals surface area contributed by atoms with Crippen LogP contribution in [-0.2, 0) is 4.74 Å². The Labute approximate surface area is 166 Å². The van der Waals surface area contributed by atoms with Crippen LogP contribution in [0.5, 0.6) is 0 Å². The molecule has 3 aliphatic rings. The predicted octanol–water partition coefficient (Wildman–Crippen LogP) is 4.15. The molecule has 1 saturated carbocycles. The largest absolute Gasteiger partial charge is 0.379 e. The molecule has 0 bridgehead atoms. The number of morpholine rings is 1. The fourth-order valence-corrected chi connectivity index (χ4v) is 5.32. The van der Waals surface area contributed by atoms with Crippen molar-refractivity contribution in [2.24, 2.45) is 16.1 Å². The van der Waals surface area contributed by atoms with Gasteiger partial charge in [-0.3, -0.25) is 4.90 Å². The Kier molecular flexibility index (Phi) is 4.83. The first kappa shape index (κ1) is 17.8. The minimum Gasteiger partial charge on any atom is -0.379 e. The normalized spacial score (nSPS) is 28.2. The van der Waals surface area contributed by atoms with Crippen molar-refractivity contribution in [2.45, 2.75) is 31.2 Å². The molecule has 5 rings (SSSR count). The van der Waals surface area contributed by atoms with Crippen molar-refractivity contribution < 1.29 is 4.74 Å². The lowest BCUT2D eigenvalue weighted by molar-refractivity contribution is -0.0205. The fraction of sp³-hybridized carbons (Fsp3) is 0.417. The number of ether oxygens (including phenoxy) is 1. The molecule has 1 aliphatic carbocycles. The van der Waals surface area contributed by atoms with Gasteiger partial charge in [0.05, 0.1) is 30.2 Å². The summed E-state index contributed by atoms with van der Waals surface area (Å²) in [6.07, 6.45) is 4.79. The van der Waals surface area contributed by atoms with Crippen LogP contribution in [0, 0.1) is 5.92 Å². The molecule has 0 N–H and O–H groups in total. The number of benzene rings is 2. The third-order valence-corrected chi connectivity index (χ3v) is 6.57. The first-order valence-electron chi connectivity index (χ1n) is 10.5. The second kappa shape index (κ2) is 7.61. The summed E-state index contributed by atoms with van der Waals surface area (Å²) in [7, 11) is 0. The Morgan fingerprint density at radius 3 is 2.21 bits per heavy atom. The van der Waals surface area contributed by atoms with E-state index in [0.717, 1.165) is 50.6 Å². The van der Waals surface area contributed by atoms with Crippen molar-refractivity contribution in [2.75, 3.05) is 26.3 Å². The van der Waals surface area contributed by atoms with Crippen molar-refractivity contribution in [1.82, 2.24) is 4.90 Å². The molecule has 2 aliphatic heterocycles. The van der Waals surface area contributed by atoms with Crippen LogP contribution in [0.2, 0.25) is 0 Å². The molecule has 0 aromatic heterocycles. The molecule has 4 nitrogen and oxygen atoms in total. The third kappa shape index (κ3) is 2.92. The summed E-state index contributed by atoms with van der Waals surface area (Å²) < 4.78 is 5.71. The molecule has 2 atom stereocenters. The van der Waals surface area contributed by atoms with E-state index >= 15 is 0 Å². The first-order valence-corrected chi connectivity index (χ1v) is 10.5. The molecule has 2 unspecified atom stereocenters. The maximum atomic E-state index is 5.71. The summed E-state index contributed by atoms with van der Waals surface area (Å²) in [5, 5.41) is 9.74. The van der Waals surface area contributed by atoms with E-state index in [-0.39, 0.29) is 5.54 Å². The zero-order chi connectivity index (χ0) is 18.8. The van der Waals surface area contributed by atoms with E-state index in [2.05, 4.69) is 65.6 Å². The summed E-state index contributed by atoms with van der Waals surface area (Å²) in [5.74, 6) is 0.370. The molecule has 4 heteroatoms. The highest BCUT2D eigenvalue weighted by Crippen LogP contribution is 2.45. The summed E-state index contributed by atoms with van der Waals surface area (Å²) in [6.45, 7) is 3.53. The zero-order valence-corrected chi connectivity index (χ0v) is 16.3. The number of rotatable bonds is 3. The number of fused-ring (bicyclic) bond motifs is 1. The lowest BCUT2D eigenvalue weighted by Crippen LogP contribution is -2.66. The van der Waals surface area contributed by atoms with Crippen molar-refractivity contribution in [1.29, 1.82) is 0 Å². The van der Waals surface area contributed by atoms with E-state index in [0.29, 0.717) is 5.92 Å². The number of nitrogens with zero attached hydrogens (tertiary/aromatic N) is 3. The molecule has 144 valence electrons. The minimum absolute atomic E-state index is 0.0870. The molecule has 0 spiro atoms. The highest BCUT2D eigenvalue weighted by molar-refractivity contribution is 6.15. The minimum atomic E-state index is -0.0870. The van der Waals surface area contributed by atoms with Gasteiger partial charge in [-0.25, -0.2) is 0 Å².